The van der Waals surface area contributed by atoms with Gasteiger partial charge >= 0.3 is 0 Å². The molecule has 0 spiro atoms. The van der Waals surface area contributed by atoms with Crippen LogP contribution in [0.4, 0.5) is 11.4 Å². The fourth-order valence-corrected chi connectivity index (χ4v) is 4.81. The van der Waals surface area contributed by atoms with Gasteiger partial charge in [-0.05, 0) is 61.9 Å². The maximum Gasteiger partial charge on any atom is 0.234 e. The first-order chi connectivity index (χ1) is 14.8. The second kappa shape index (κ2) is 9.30. The van der Waals surface area contributed by atoms with Gasteiger partial charge in [-0.2, -0.15) is 0 Å². The van der Waals surface area contributed by atoms with Crippen LogP contribution < -0.4 is 21.1 Å². The number of aliphatic imine (C=N–C) groups is 1. The van der Waals surface area contributed by atoms with E-state index in [1.165, 1.54) is 11.8 Å². The second-order valence-electron chi connectivity index (χ2n) is 7.46. The molecule has 0 bridgehead atoms. The van der Waals surface area contributed by atoms with Gasteiger partial charge in [0, 0.05) is 26.9 Å². The lowest BCUT2D eigenvalue weighted by molar-refractivity contribution is -0.113. The van der Waals surface area contributed by atoms with Crippen molar-refractivity contribution in [2.45, 2.75) is 26.1 Å². The lowest BCUT2D eigenvalue weighted by Crippen LogP contribution is -2.50. The first-order valence-corrected chi connectivity index (χ1v) is 11.9. The summed E-state index contributed by atoms with van der Waals surface area (Å²) in [5, 5.41) is 13.1. The number of anilines is 2. The molecule has 0 saturated carbocycles. The number of fused-ring (bicyclic) bond motifs is 1. The van der Waals surface area contributed by atoms with Crippen molar-refractivity contribution >= 4 is 67.6 Å². The number of halogens is 2. The second-order valence-corrected chi connectivity index (χ2v) is 9.72. The third kappa shape index (κ3) is 4.80. The number of hydrazine groups is 1. The normalized spacial score (nSPS) is 22.8. The highest BCUT2D eigenvalue weighted by Crippen LogP contribution is 2.33. The SMILES string of the molecule is Cc1cc(N2C(=N)C3C(C)NNC3N=C2SCC(=O)Nc2ccc(Br)cc2)ccc1Cl. The number of benzene rings is 2. The van der Waals surface area contributed by atoms with Gasteiger partial charge in [0.25, 0.3) is 0 Å². The highest BCUT2D eigenvalue weighted by atomic mass is 79.9. The Hall–Kier alpha value is -1.91. The Morgan fingerprint density at radius 3 is 2.74 bits per heavy atom. The molecule has 2 aliphatic heterocycles. The van der Waals surface area contributed by atoms with Gasteiger partial charge in [0.15, 0.2) is 5.17 Å². The van der Waals surface area contributed by atoms with Gasteiger partial charge in [0.05, 0.1) is 11.7 Å². The van der Waals surface area contributed by atoms with Crippen molar-refractivity contribution in [1.29, 1.82) is 5.41 Å². The van der Waals surface area contributed by atoms with Crippen molar-refractivity contribution in [2.24, 2.45) is 10.9 Å². The third-order valence-corrected chi connectivity index (χ3v) is 7.10. The van der Waals surface area contributed by atoms with E-state index in [1.54, 1.807) is 0 Å². The fourth-order valence-electron chi connectivity index (χ4n) is 3.58. The fraction of sp³-hybridized carbons (Fsp3) is 0.286. The summed E-state index contributed by atoms with van der Waals surface area (Å²) < 4.78 is 0.949. The van der Waals surface area contributed by atoms with Gasteiger partial charge in [-0.25, -0.2) is 10.4 Å². The maximum atomic E-state index is 12.5. The number of aryl methyl sites for hydroxylation is 1. The molecule has 2 aromatic rings. The molecule has 2 aromatic carbocycles. The van der Waals surface area contributed by atoms with Crippen LogP contribution in [0.25, 0.3) is 0 Å². The zero-order valence-electron chi connectivity index (χ0n) is 16.9. The van der Waals surface area contributed by atoms with E-state index in [2.05, 4.69) is 32.1 Å². The first-order valence-electron chi connectivity index (χ1n) is 9.75. The van der Waals surface area contributed by atoms with Crippen LogP contribution in [0.15, 0.2) is 51.9 Å². The number of rotatable bonds is 4. The number of amidine groups is 2. The number of nitrogens with zero attached hydrogens (tertiary/aromatic N) is 2. The summed E-state index contributed by atoms with van der Waals surface area (Å²) in [5.41, 5.74) is 8.78. The van der Waals surface area contributed by atoms with E-state index >= 15 is 0 Å². The Kier molecular flexibility index (Phi) is 6.68. The van der Waals surface area contributed by atoms with Gasteiger partial charge in [0.2, 0.25) is 5.91 Å². The quantitative estimate of drug-likeness (QED) is 0.479. The minimum atomic E-state index is -0.246. The molecule has 162 valence electrons. The molecule has 0 radical (unpaired) electrons. The van der Waals surface area contributed by atoms with Crippen LogP contribution in [0.5, 0.6) is 0 Å². The number of amides is 1. The van der Waals surface area contributed by atoms with Crippen LogP contribution in [0.2, 0.25) is 5.02 Å². The van der Waals surface area contributed by atoms with Crippen LogP contribution in [-0.2, 0) is 4.79 Å². The molecule has 7 nitrogen and oxygen atoms in total. The van der Waals surface area contributed by atoms with Crippen LogP contribution in [0, 0.1) is 18.3 Å². The van der Waals surface area contributed by atoms with E-state index in [1.807, 2.05) is 61.2 Å². The third-order valence-electron chi connectivity index (χ3n) is 5.20. The molecule has 0 aliphatic carbocycles. The van der Waals surface area contributed by atoms with Crippen molar-refractivity contribution in [2.75, 3.05) is 16.0 Å². The van der Waals surface area contributed by atoms with Crippen LogP contribution >= 0.6 is 39.3 Å². The molecule has 0 aromatic heterocycles. The van der Waals surface area contributed by atoms with E-state index in [0.717, 1.165) is 21.4 Å². The highest BCUT2D eigenvalue weighted by molar-refractivity contribution is 9.10. The zero-order valence-corrected chi connectivity index (χ0v) is 20.1. The summed E-state index contributed by atoms with van der Waals surface area (Å²) in [4.78, 5) is 19.2. The van der Waals surface area contributed by atoms with Gasteiger partial charge in [-0.1, -0.05) is 39.3 Å². The Labute approximate surface area is 198 Å². The predicted octanol–water partition coefficient (Wildman–Crippen LogP) is 4.37. The largest absolute Gasteiger partial charge is 0.325 e. The van der Waals surface area contributed by atoms with Crippen LogP contribution in [-0.4, -0.2) is 34.9 Å². The Balaban J connectivity index is 1.55. The average Bonchev–Trinajstić information content (AvgIpc) is 3.11. The topological polar surface area (TPSA) is 92.6 Å². The monoisotopic (exact) mass is 520 g/mol. The van der Waals surface area contributed by atoms with Crippen molar-refractivity contribution < 1.29 is 4.79 Å². The molecular formula is C21H22BrClN6OS. The summed E-state index contributed by atoms with van der Waals surface area (Å²) in [5.74, 6) is 0.354. The van der Waals surface area contributed by atoms with E-state index in [0.29, 0.717) is 16.0 Å². The van der Waals surface area contributed by atoms with Crippen LogP contribution in [0.1, 0.15) is 12.5 Å². The molecule has 10 heteroatoms. The lowest BCUT2D eigenvalue weighted by Gasteiger charge is -2.36. The Morgan fingerprint density at radius 1 is 1.29 bits per heavy atom. The van der Waals surface area contributed by atoms with Crippen molar-refractivity contribution in [3.63, 3.8) is 0 Å². The van der Waals surface area contributed by atoms with Crippen molar-refractivity contribution in [3.8, 4) is 0 Å². The molecular weight excluding hydrogens is 500 g/mol. The summed E-state index contributed by atoms with van der Waals surface area (Å²) in [6, 6.07) is 13.1. The zero-order chi connectivity index (χ0) is 22.1. The Morgan fingerprint density at radius 2 is 2.03 bits per heavy atom. The molecule has 4 N–H and O–H groups in total. The minimum absolute atomic E-state index is 0.0596. The van der Waals surface area contributed by atoms with Gasteiger partial charge in [-0.3, -0.25) is 20.5 Å². The van der Waals surface area contributed by atoms with E-state index in [-0.39, 0.29) is 29.8 Å². The van der Waals surface area contributed by atoms with E-state index < -0.39 is 0 Å². The molecule has 4 rings (SSSR count). The van der Waals surface area contributed by atoms with Crippen molar-refractivity contribution in [1.82, 2.24) is 10.9 Å². The number of hydrogen-bond acceptors (Lipinski definition) is 6. The van der Waals surface area contributed by atoms with Crippen molar-refractivity contribution in [3.05, 3.63) is 57.5 Å². The van der Waals surface area contributed by atoms with Gasteiger partial charge in [0.1, 0.15) is 12.0 Å². The lowest BCUT2D eigenvalue weighted by atomic mass is 9.97. The number of thioether (sulfide) groups is 1. The van der Waals surface area contributed by atoms with E-state index in [4.69, 9.17) is 22.0 Å². The van der Waals surface area contributed by atoms with Crippen LogP contribution in [0.3, 0.4) is 0 Å². The smallest absolute Gasteiger partial charge is 0.234 e. The van der Waals surface area contributed by atoms with E-state index in [9.17, 15) is 4.79 Å². The predicted molar refractivity (Wildman–Crippen MR) is 132 cm³/mol. The number of carbonyl (C=O) groups excluding carboxylic acids is 1. The summed E-state index contributed by atoms with van der Waals surface area (Å²) in [7, 11) is 0. The first kappa shape index (κ1) is 22.3. The standard InChI is InChI=1S/C21H22BrClN6OS/c1-11-9-15(7-8-16(11)23)29-19(24)18-12(2)27-28-20(18)26-21(29)31-10-17(30)25-14-5-3-13(22)4-6-14/h3-9,12,18,20,24,27-28H,10H2,1-2H3,(H,25,30). The maximum absolute atomic E-state index is 12.5. The molecule has 1 fully saturated rings. The molecule has 1 saturated heterocycles. The molecule has 3 atom stereocenters. The molecule has 31 heavy (non-hydrogen) atoms. The van der Waals surface area contributed by atoms with Gasteiger partial charge in [-0.15, -0.1) is 0 Å². The molecule has 2 aliphatic rings. The molecule has 3 unspecified atom stereocenters. The number of carbonyl (C=O) groups is 1. The summed E-state index contributed by atoms with van der Waals surface area (Å²) in [6.07, 6.45) is -0.246. The van der Waals surface area contributed by atoms with Gasteiger partial charge < -0.3 is 5.32 Å². The Bertz CT molecular complexity index is 1050. The summed E-state index contributed by atoms with van der Waals surface area (Å²) >= 11 is 10.9. The molecule has 1 amide bonds. The summed E-state index contributed by atoms with van der Waals surface area (Å²) in [6.45, 7) is 3.95. The molecule has 2 heterocycles. The minimum Gasteiger partial charge on any atom is -0.325 e. The average molecular weight is 522 g/mol. The number of nitrogens with one attached hydrogen (secondary N) is 4. The number of hydrogen-bond donors (Lipinski definition) is 4. The highest BCUT2D eigenvalue weighted by Gasteiger charge is 2.43.